The lowest BCUT2D eigenvalue weighted by atomic mass is 10.0. The predicted molar refractivity (Wildman–Crippen MR) is 145 cm³/mol. The Labute approximate surface area is 218 Å². The summed E-state index contributed by atoms with van der Waals surface area (Å²) in [5.41, 5.74) is 7.71. The summed E-state index contributed by atoms with van der Waals surface area (Å²) in [7, 11) is 7.44. The number of hydrogen-bond donors (Lipinski definition) is 2. The highest BCUT2D eigenvalue weighted by molar-refractivity contribution is 6.06. The highest BCUT2D eigenvalue weighted by Crippen LogP contribution is 2.35. The van der Waals surface area contributed by atoms with Crippen LogP contribution < -0.4 is 20.5 Å². The maximum absolute atomic E-state index is 12.1. The molecule has 2 aliphatic rings. The average molecular weight is 508 g/mol. The highest BCUT2D eigenvalue weighted by Gasteiger charge is 2.32. The molecule has 0 spiro atoms. The van der Waals surface area contributed by atoms with Crippen LogP contribution in [0.2, 0.25) is 0 Å². The second kappa shape index (κ2) is 11.9. The minimum atomic E-state index is -0.376. The monoisotopic (exact) mass is 507 g/mol. The van der Waals surface area contributed by atoms with E-state index in [1.807, 2.05) is 63.2 Å². The summed E-state index contributed by atoms with van der Waals surface area (Å²) >= 11 is 0. The van der Waals surface area contributed by atoms with Gasteiger partial charge in [-0.15, -0.1) is 0 Å². The largest absolute Gasteiger partial charge is 0.497 e. The SMILES string of the molecule is CN/C=C\C(N)=NC(=O)c1ccc2c(c1)OC(C)(C)C2.COc1ccc(C(=O)N2CC(N(C)C)C2)cc1. The number of nitrogens with zero attached hydrogens (tertiary/aromatic N) is 3. The molecule has 0 aliphatic carbocycles. The molecule has 198 valence electrons. The molecule has 0 atom stereocenters. The third-order valence-electron chi connectivity index (χ3n) is 6.18. The maximum Gasteiger partial charge on any atom is 0.279 e. The lowest BCUT2D eigenvalue weighted by Crippen LogP contribution is -2.59. The number of methoxy groups -OCH3 is 1. The van der Waals surface area contributed by atoms with Gasteiger partial charge in [0.25, 0.3) is 11.8 Å². The third-order valence-corrected chi connectivity index (χ3v) is 6.18. The summed E-state index contributed by atoms with van der Waals surface area (Å²) in [5, 5.41) is 2.78. The van der Waals surface area contributed by atoms with Crippen LogP contribution in [0.25, 0.3) is 0 Å². The first kappa shape index (κ1) is 27.7. The second-order valence-electron chi connectivity index (χ2n) is 9.88. The first-order valence-electron chi connectivity index (χ1n) is 12.2. The van der Waals surface area contributed by atoms with Crippen LogP contribution in [0.4, 0.5) is 0 Å². The number of rotatable bonds is 6. The molecular formula is C28H37N5O4. The number of aliphatic imine (C=N–C) groups is 1. The number of nitrogens with one attached hydrogen (secondary N) is 1. The van der Waals surface area contributed by atoms with Crippen LogP contribution in [0, 0.1) is 0 Å². The molecule has 9 nitrogen and oxygen atoms in total. The van der Waals surface area contributed by atoms with Crippen molar-refractivity contribution in [3.8, 4) is 11.5 Å². The molecule has 1 fully saturated rings. The molecule has 2 amide bonds. The predicted octanol–water partition coefficient (Wildman–Crippen LogP) is 2.71. The minimum Gasteiger partial charge on any atom is -0.497 e. The number of likely N-dealkylation sites (N-methyl/N-ethyl adjacent to an activating group) is 1. The number of amides is 2. The summed E-state index contributed by atoms with van der Waals surface area (Å²) < 4.78 is 10.9. The van der Waals surface area contributed by atoms with Crippen LogP contribution >= 0.6 is 0 Å². The number of ether oxygens (including phenoxy) is 2. The molecule has 2 aromatic rings. The molecule has 2 heterocycles. The number of hydrogen-bond acceptors (Lipinski definition) is 6. The fraction of sp³-hybridized carbons (Fsp3) is 0.393. The maximum atomic E-state index is 12.1. The van der Waals surface area contributed by atoms with Gasteiger partial charge in [0, 0.05) is 43.7 Å². The Balaban J connectivity index is 0.000000208. The molecule has 4 rings (SSSR count). The molecule has 0 saturated carbocycles. The van der Waals surface area contributed by atoms with Crippen LogP contribution in [0.3, 0.4) is 0 Å². The molecule has 1 saturated heterocycles. The van der Waals surface area contributed by atoms with E-state index in [-0.39, 0.29) is 23.3 Å². The number of nitrogens with two attached hydrogens (primary N) is 1. The molecular weight excluding hydrogens is 470 g/mol. The van der Waals surface area contributed by atoms with Gasteiger partial charge in [-0.1, -0.05) is 6.07 Å². The van der Waals surface area contributed by atoms with E-state index < -0.39 is 0 Å². The van der Waals surface area contributed by atoms with E-state index in [0.717, 1.165) is 42.1 Å². The number of carbonyl (C=O) groups excluding carboxylic acids is 2. The van der Waals surface area contributed by atoms with Crippen LogP contribution in [-0.2, 0) is 6.42 Å². The Morgan fingerprint density at radius 1 is 1.16 bits per heavy atom. The lowest BCUT2D eigenvalue weighted by Gasteiger charge is -2.42. The fourth-order valence-corrected chi connectivity index (χ4v) is 3.97. The van der Waals surface area contributed by atoms with Gasteiger partial charge in [-0.2, -0.15) is 4.99 Å². The Morgan fingerprint density at radius 3 is 2.41 bits per heavy atom. The van der Waals surface area contributed by atoms with Crippen molar-refractivity contribution in [1.82, 2.24) is 15.1 Å². The van der Waals surface area contributed by atoms with Crippen molar-refractivity contribution >= 4 is 17.6 Å². The van der Waals surface area contributed by atoms with Crippen LogP contribution in [0.15, 0.2) is 59.7 Å². The first-order valence-corrected chi connectivity index (χ1v) is 12.2. The molecule has 37 heavy (non-hydrogen) atoms. The summed E-state index contributed by atoms with van der Waals surface area (Å²) in [6.45, 7) is 5.68. The van der Waals surface area contributed by atoms with Gasteiger partial charge in [0.15, 0.2) is 0 Å². The van der Waals surface area contributed by atoms with Gasteiger partial charge in [0.2, 0.25) is 0 Å². The van der Waals surface area contributed by atoms with E-state index in [1.54, 1.807) is 32.5 Å². The van der Waals surface area contributed by atoms with Crippen LogP contribution in [0.5, 0.6) is 11.5 Å². The fourth-order valence-electron chi connectivity index (χ4n) is 3.97. The summed E-state index contributed by atoms with van der Waals surface area (Å²) in [5.74, 6) is 1.41. The van der Waals surface area contributed by atoms with Gasteiger partial charge in [0.1, 0.15) is 22.9 Å². The van der Waals surface area contributed by atoms with E-state index in [1.165, 1.54) is 6.08 Å². The van der Waals surface area contributed by atoms with Crippen molar-refractivity contribution in [3.05, 3.63) is 71.4 Å². The third kappa shape index (κ3) is 7.33. The topological polar surface area (TPSA) is 109 Å². The molecule has 0 radical (unpaired) electrons. The number of likely N-dealkylation sites (tertiary alicyclic amines) is 1. The molecule has 2 aromatic carbocycles. The zero-order chi connectivity index (χ0) is 27.2. The Morgan fingerprint density at radius 2 is 1.81 bits per heavy atom. The zero-order valence-electron chi connectivity index (χ0n) is 22.4. The minimum absolute atomic E-state index is 0.103. The normalized spacial score (nSPS) is 16.4. The smallest absolute Gasteiger partial charge is 0.279 e. The van der Waals surface area contributed by atoms with Crippen molar-refractivity contribution < 1.29 is 19.1 Å². The zero-order valence-corrected chi connectivity index (χ0v) is 22.4. The average Bonchev–Trinajstić information content (AvgIpc) is 3.14. The van der Waals surface area contributed by atoms with E-state index in [2.05, 4.69) is 15.2 Å². The molecule has 0 bridgehead atoms. The quantitative estimate of drug-likeness (QED) is 0.457. The summed E-state index contributed by atoms with van der Waals surface area (Å²) in [4.78, 5) is 31.9. The van der Waals surface area contributed by atoms with Gasteiger partial charge in [-0.05, 0) is 82.2 Å². The van der Waals surface area contributed by atoms with Crippen molar-refractivity contribution in [2.75, 3.05) is 41.3 Å². The highest BCUT2D eigenvalue weighted by atomic mass is 16.5. The van der Waals surface area contributed by atoms with Crippen LogP contribution in [-0.4, -0.2) is 80.4 Å². The van der Waals surface area contributed by atoms with E-state index >= 15 is 0 Å². The van der Waals surface area contributed by atoms with Crippen molar-refractivity contribution in [3.63, 3.8) is 0 Å². The van der Waals surface area contributed by atoms with Gasteiger partial charge in [0.05, 0.1) is 7.11 Å². The molecule has 3 N–H and O–H groups in total. The molecule has 9 heteroatoms. The van der Waals surface area contributed by atoms with Gasteiger partial charge < -0.3 is 30.3 Å². The number of benzene rings is 2. The standard InChI is InChI=1S/C15H19N3O2.C13H18N2O2/c1-15(2)9-11-5-4-10(8-12(11)20-15)14(19)18-13(16)6-7-17-3;1-14(2)11-8-15(9-11)13(16)10-4-6-12(17-3)7-5-10/h4-8,17H,9H2,1-3H3,(H2,16,18,19);4-7,11H,8-9H2,1-3H3/b7-6-;. The van der Waals surface area contributed by atoms with Crippen molar-refractivity contribution in [1.29, 1.82) is 0 Å². The molecule has 0 unspecified atom stereocenters. The Kier molecular flexibility index (Phi) is 8.94. The summed E-state index contributed by atoms with van der Waals surface area (Å²) in [6.07, 6.45) is 3.98. The van der Waals surface area contributed by atoms with Crippen LogP contribution in [0.1, 0.15) is 40.1 Å². The van der Waals surface area contributed by atoms with E-state index in [4.69, 9.17) is 15.2 Å². The Hall–Kier alpha value is -3.85. The van der Waals surface area contributed by atoms with Crippen molar-refractivity contribution in [2.45, 2.75) is 31.9 Å². The number of carbonyl (C=O) groups is 2. The summed E-state index contributed by atoms with van der Waals surface area (Å²) in [6, 6.07) is 13.1. The molecule has 2 aliphatic heterocycles. The van der Waals surface area contributed by atoms with E-state index in [9.17, 15) is 9.59 Å². The Bertz CT molecular complexity index is 1170. The number of amidine groups is 1. The van der Waals surface area contributed by atoms with Gasteiger partial charge >= 0.3 is 0 Å². The van der Waals surface area contributed by atoms with Crippen molar-refractivity contribution in [2.24, 2.45) is 10.7 Å². The lowest BCUT2D eigenvalue weighted by molar-refractivity contribution is 0.0399. The first-order chi connectivity index (χ1) is 17.5. The second-order valence-corrected chi connectivity index (χ2v) is 9.88. The number of fused-ring (bicyclic) bond motifs is 1. The molecule has 0 aromatic heterocycles. The van der Waals surface area contributed by atoms with E-state index in [0.29, 0.717) is 11.6 Å². The van der Waals surface area contributed by atoms with Gasteiger partial charge in [-0.3, -0.25) is 9.59 Å². The van der Waals surface area contributed by atoms with Gasteiger partial charge in [-0.25, -0.2) is 0 Å².